The Bertz CT molecular complexity index is 944. The summed E-state index contributed by atoms with van der Waals surface area (Å²) in [4.78, 5) is 28.4. The number of rotatable bonds is 7. The van der Waals surface area contributed by atoms with E-state index in [4.69, 9.17) is 26.2 Å². The van der Waals surface area contributed by atoms with Crippen molar-refractivity contribution in [3.05, 3.63) is 29.7 Å². The number of aliphatic carboxylic acids is 1. The molecule has 32 heavy (non-hydrogen) atoms. The van der Waals surface area contributed by atoms with Crippen LogP contribution in [0.25, 0.3) is 0 Å². The third-order valence-electron chi connectivity index (χ3n) is 6.15. The van der Waals surface area contributed by atoms with Crippen LogP contribution in [0.15, 0.2) is 24.7 Å². The number of pyridine rings is 1. The Balaban J connectivity index is 1.37. The fraction of sp³-hybridized carbons (Fsp3) is 0.545. The molecule has 0 radical (unpaired) electrons. The molecule has 4 heterocycles. The normalized spacial score (nSPS) is 23.3. The van der Waals surface area contributed by atoms with Crippen LogP contribution >= 0.6 is 11.6 Å². The van der Waals surface area contributed by atoms with Crippen molar-refractivity contribution in [3.8, 4) is 11.8 Å². The molecule has 2 aromatic rings. The largest absolute Gasteiger partial charge is 0.481 e. The van der Waals surface area contributed by atoms with Gasteiger partial charge in [0, 0.05) is 44.1 Å². The molecular formula is C22H28ClN5O4. The lowest BCUT2D eigenvalue weighted by atomic mass is 9.96. The van der Waals surface area contributed by atoms with Gasteiger partial charge in [-0.1, -0.05) is 18.5 Å². The highest BCUT2D eigenvalue weighted by molar-refractivity contribution is 6.33. The zero-order valence-corrected chi connectivity index (χ0v) is 19.0. The Morgan fingerprint density at radius 3 is 2.69 bits per heavy atom. The second kappa shape index (κ2) is 9.77. The van der Waals surface area contributed by atoms with Crippen LogP contribution in [0.5, 0.6) is 11.8 Å². The number of nitrogens with zero attached hydrogens (tertiary/aromatic N) is 5. The van der Waals surface area contributed by atoms with Crippen LogP contribution in [0.2, 0.25) is 5.02 Å². The van der Waals surface area contributed by atoms with Crippen molar-refractivity contribution >= 4 is 29.1 Å². The molecule has 2 aliphatic heterocycles. The first kappa shape index (κ1) is 22.4. The first-order valence-electron chi connectivity index (χ1n) is 10.9. The topological polar surface area (TPSA) is 101 Å². The van der Waals surface area contributed by atoms with Crippen molar-refractivity contribution in [1.29, 1.82) is 0 Å². The summed E-state index contributed by atoms with van der Waals surface area (Å²) in [7, 11) is 1.59. The minimum Gasteiger partial charge on any atom is -0.481 e. The van der Waals surface area contributed by atoms with E-state index in [1.807, 2.05) is 11.0 Å². The highest BCUT2D eigenvalue weighted by Gasteiger charge is 2.30. The maximum Gasteiger partial charge on any atom is 0.305 e. The summed E-state index contributed by atoms with van der Waals surface area (Å²) in [5.74, 6) is 1.18. The second-order valence-electron chi connectivity index (χ2n) is 8.35. The van der Waals surface area contributed by atoms with E-state index in [-0.39, 0.29) is 24.5 Å². The van der Waals surface area contributed by atoms with Crippen molar-refractivity contribution in [3.63, 3.8) is 0 Å². The molecule has 0 aliphatic carbocycles. The van der Waals surface area contributed by atoms with Crippen LogP contribution < -0.4 is 19.3 Å². The molecule has 0 amide bonds. The first-order chi connectivity index (χ1) is 15.4. The molecule has 2 fully saturated rings. The number of piperidine rings is 1. The molecule has 3 atom stereocenters. The van der Waals surface area contributed by atoms with E-state index in [0.29, 0.717) is 22.6 Å². The van der Waals surface area contributed by atoms with Gasteiger partial charge in [-0.3, -0.25) is 4.79 Å². The Kier molecular flexibility index (Phi) is 6.83. The Morgan fingerprint density at radius 1 is 1.19 bits per heavy atom. The van der Waals surface area contributed by atoms with E-state index in [0.717, 1.165) is 44.6 Å². The average molecular weight is 462 g/mol. The molecule has 1 N–H and O–H groups in total. The molecule has 3 unspecified atom stereocenters. The summed E-state index contributed by atoms with van der Waals surface area (Å²) in [6, 6.07) is 1.83. The summed E-state index contributed by atoms with van der Waals surface area (Å²) in [6.07, 6.45) is 7.69. The SMILES string of the molecule is COc1cc(N2CCC(Oc3cnc(N4CCCC4CC(=O)O)cn3)C(C)C2)c(Cl)cn1. The van der Waals surface area contributed by atoms with E-state index in [1.54, 1.807) is 25.7 Å². The number of ether oxygens (including phenoxy) is 2. The van der Waals surface area contributed by atoms with Gasteiger partial charge in [0.1, 0.15) is 11.9 Å². The number of carbonyl (C=O) groups is 1. The number of hydrogen-bond donors (Lipinski definition) is 1. The first-order valence-corrected chi connectivity index (χ1v) is 11.2. The van der Waals surface area contributed by atoms with Gasteiger partial charge in [-0.2, -0.15) is 0 Å². The van der Waals surface area contributed by atoms with Gasteiger partial charge in [-0.25, -0.2) is 15.0 Å². The zero-order chi connectivity index (χ0) is 22.7. The van der Waals surface area contributed by atoms with Gasteiger partial charge in [-0.15, -0.1) is 0 Å². The van der Waals surface area contributed by atoms with E-state index in [9.17, 15) is 4.79 Å². The number of anilines is 2. The minimum atomic E-state index is -0.790. The monoisotopic (exact) mass is 461 g/mol. The standard InChI is InChI=1S/C22H28ClN5O4/c1-14-13-27(17-9-20(31-2)25-10-16(17)23)7-5-18(14)32-21-12-24-19(11-26-21)28-6-3-4-15(28)8-22(29)30/h9-12,14-15,18H,3-8,13H2,1-2H3,(H,29,30). The Morgan fingerprint density at radius 2 is 2.00 bits per heavy atom. The van der Waals surface area contributed by atoms with Crippen LogP contribution in [0.1, 0.15) is 32.6 Å². The van der Waals surface area contributed by atoms with Gasteiger partial charge in [0.15, 0.2) is 0 Å². The Hall–Kier alpha value is -2.81. The van der Waals surface area contributed by atoms with Gasteiger partial charge < -0.3 is 24.4 Å². The number of carboxylic acid groups (broad SMARTS) is 1. The molecule has 0 spiro atoms. The van der Waals surface area contributed by atoms with Gasteiger partial charge in [0.2, 0.25) is 11.8 Å². The number of hydrogen-bond acceptors (Lipinski definition) is 8. The van der Waals surface area contributed by atoms with E-state index >= 15 is 0 Å². The lowest BCUT2D eigenvalue weighted by Crippen LogP contribution is -2.44. The fourth-order valence-electron chi connectivity index (χ4n) is 4.51. The van der Waals surface area contributed by atoms with Crippen LogP contribution in [-0.2, 0) is 4.79 Å². The second-order valence-corrected chi connectivity index (χ2v) is 8.75. The lowest BCUT2D eigenvalue weighted by molar-refractivity contribution is -0.137. The molecule has 2 saturated heterocycles. The summed E-state index contributed by atoms with van der Waals surface area (Å²) in [5, 5.41) is 9.72. The highest BCUT2D eigenvalue weighted by Crippen LogP contribution is 2.33. The number of aromatic nitrogens is 3. The van der Waals surface area contributed by atoms with Crippen molar-refractivity contribution in [1.82, 2.24) is 15.0 Å². The van der Waals surface area contributed by atoms with E-state index < -0.39 is 5.97 Å². The average Bonchev–Trinajstić information content (AvgIpc) is 3.23. The predicted molar refractivity (Wildman–Crippen MR) is 121 cm³/mol. The predicted octanol–water partition coefficient (Wildman–Crippen LogP) is 3.27. The maximum absolute atomic E-state index is 11.1. The third kappa shape index (κ3) is 4.98. The van der Waals surface area contributed by atoms with Crippen molar-refractivity contribution in [2.24, 2.45) is 5.92 Å². The molecule has 2 aliphatic rings. The minimum absolute atomic E-state index is 0.0143. The molecule has 0 saturated carbocycles. The molecule has 0 bridgehead atoms. The van der Waals surface area contributed by atoms with Gasteiger partial charge in [0.25, 0.3) is 0 Å². The van der Waals surface area contributed by atoms with Crippen LogP contribution in [0, 0.1) is 5.92 Å². The zero-order valence-electron chi connectivity index (χ0n) is 18.3. The highest BCUT2D eigenvalue weighted by atomic mass is 35.5. The molecule has 4 rings (SSSR count). The summed E-state index contributed by atoms with van der Waals surface area (Å²) in [5.41, 5.74) is 0.912. The fourth-order valence-corrected chi connectivity index (χ4v) is 4.73. The molecule has 10 heteroatoms. The third-order valence-corrected chi connectivity index (χ3v) is 6.45. The van der Waals surface area contributed by atoms with Gasteiger partial charge in [-0.05, 0) is 12.8 Å². The smallest absolute Gasteiger partial charge is 0.305 e. The number of halogens is 1. The van der Waals surface area contributed by atoms with Crippen molar-refractivity contribution in [2.75, 3.05) is 36.5 Å². The van der Waals surface area contributed by atoms with Crippen LogP contribution in [-0.4, -0.2) is 64.9 Å². The number of methoxy groups -OCH3 is 1. The van der Waals surface area contributed by atoms with E-state index in [1.165, 1.54) is 0 Å². The Labute approximate surface area is 192 Å². The molecule has 172 valence electrons. The van der Waals surface area contributed by atoms with E-state index in [2.05, 4.69) is 26.8 Å². The van der Waals surface area contributed by atoms with Gasteiger partial charge >= 0.3 is 5.97 Å². The number of carboxylic acids is 1. The molecular weight excluding hydrogens is 434 g/mol. The van der Waals surface area contributed by atoms with Crippen LogP contribution in [0.4, 0.5) is 11.5 Å². The van der Waals surface area contributed by atoms with Crippen LogP contribution in [0.3, 0.4) is 0 Å². The van der Waals surface area contributed by atoms with Crippen molar-refractivity contribution in [2.45, 2.75) is 44.8 Å². The molecule has 2 aromatic heterocycles. The molecule has 9 nitrogen and oxygen atoms in total. The summed E-state index contributed by atoms with van der Waals surface area (Å²) >= 11 is 6.36. The van der Waals surface area contributed by atoms with Gasteiger partial charge in [0.05, 0.1) is 42.8 Å². The molecule has 0 aromatic carbocycles. The maximum atomic E-state index is 11.1. The van der Waals surface area contributed by atoms with Crippen molar-refractivity contribution < 1.29 is 19.4 Å². The quantitative estimate of drug-likeness (QED) is 0.665. The summed E-state index contributed by atoms with van der Waals surface area (Å²) < 4.78 is 11.4. The summed E-state index contributed by atoms with van der Waals surface area (Å²) in [6.45, 7) is 4.52. The lowest BCUT2D eigenvalue weighted by Gasteiger charge is -2.38.